The Kier molecular flexibility index (Phi) is 4.32. The van der Waals surface area contributed by atoms with Crippen molar-refractivity contribution >= 4 is 23.3 Å². The van der Waals surface area contributed by atoms with Crippen LogP contribution in [-0.4, -0.2) is 23.0 Å². The summed E-state index contributed by atoms with van der Waals surface area (Å²) in [5.41, 5.74) is 2.87. The minimum absolute atomic E-state index is 0.389. The topological polar surface area (TPSA) is 51.6 Å². The van der Waals surface area contributed by atoms with Gasteiger partial charge >= 0.3 is 6.92 Å². The van der Waals surface area contributed by atoms with E-state index in [9.17, 15) is 5.02 Å². The van der Waals surface area contributed by atoms with E-state index in [4.69, 9.17) is 9.47 Å². The van der Waals surface area contributed by atoms with E-state index in [1.807, 2.05) is 48.5 Å². The number of nitrogens with zero attached hydrogens (tertiary/aromatic N) is 1. The Morgan fingerprint density at radius 2 is 1.88 bits per heavy atom. The van der Waals surface area contributed by atoms with Crippen molar-refractivity contribution in [2.75, 3.05) is 0 Å². The van der Waals surface area contributed by atoms with E-state index in [0.29, 0.717) is 12.7 Å². The second-order valence-electron chi connectivity index (χ2n) is 6.55. The lowest BCUT2D eigenvalue weighted by atomic mass is 9.64. The number of fused-ring (bicyclic) bond motifs is 1. The number of benzene rings is 2. The highest BCUT2D eigenvalue weighted by Crippen LogP contribution is 2.29. The first kappa shape index (κ1) is 16.0. The first-order valence-corrected chi connectivity index (χ1v) is 8.63. The highest BCUT2D eigenvalue weighted by Gasteiger charge is 2.23. The molecule has 1 N–H and O–H groups in total. The Morgan fingerprint density at radius 3 is 2.60 bits per heavy atom. The Morgan fingerprint density at radius 1 is 1.08 bits per heavy atom. The third-order valence-corrected chi connectivity index (χ3v) is 4.33. The molecule has 0 spiro atoms. The van der Waals surface area contributed by atoms with E-state index in [2.05, 4.69) is 4.98 Å². The molecule has 0 saturated heterocycles. The molecule has 25 heavy (non-hydrogen) atoms. The van der Waals surface area contributed by atoms with Crippen LogP contribution in [0.25, 0.3) is 10.9 Å². The van der Waals surface area contributed by atoms with E-state index >= 15 is 0 Å². The molecule has 0 aliphatic heterocycles. The lowest BCUT2D eigenvalue weighted by Gasteiger charge is -2.09. The number of aromatic nitrogens is 1. The second-order valence-corrected chi connectivity index (χ2v) is 6.55. The summed E-state index contributed by atoms with van der Waals surface area (Å²) in [6.07, 6.45) is 4.43. The standard InChI is InChI=1S/C20H20BNO3/c1-21(23)16-5-2-14(3-6-16)13-24-19-10-15-4-7-18(25-17-8-9-17)11-20(15)22-12-19/h2-7,10-12,17,23H,8-9,13H2,1H3. The molecule has 1 aromatic heterocycles. The molecule has 1 aliphatic carbocycles. The number of pyridine rings is 1. The smallest absolute Gasteiger partial charge is 0.320 e. The van der Waals surface area contributed by atoms with Gasteiger partial charge in [0.15, 0.2) is 0 Å². The van der Waals surface area contributed by atoms with Crippen molar-refractivity contribution in [3.8, 4) is 11.5 Å². The number of rotatable bonds is 6. The highest BCUT2D eigenvalue weighted by atomic mass is 16.5. The largest absolute Gasteiger partial charge is 0.490 e. The maximum atomic E-state index is 9.55. The van der Waals surface area contributed by atoms with E-state index in [1.54, 1.807) is 13.0 Å². The fraction of sp³-hybridized carbons (Fsp3) is 0.250. The summed E-state index contributed by atoms with van der Waals surface area (Å²) in [6.45, 7) is 1.78. The fourth-order valence-electron chi connectivity index (χ4n) is 2.67. The van der Waals surface area contributed by atoms with Gasteiger partial charge in [0.05, 0.1) is 17.8 Å². The molecule has 1 heterocycles. The third-order valence-electron chi connectivity index (χ3n) is 4.33. The number of hydrogen-bond acceptors (Lipinski definition) is 4. The Balaban J connectivity index is 1.44. The van der Waals surface area contributed by atoms with Gasteiger partial charge in [-0.05, 0) is 42.1 Å². The summed E-state index contributed by atoms with van der Waals surface area (Å²) in [6, 6.07) is 15.8. The van der Waals surface area contributed by atoms with Gasteiger partial charge in [0.2, 0.25) is 0 Å². The molecule has 126 valence electrons. The normalized spacial score (nSPS) is 13.7. The van der Waals surface area contributed by atoms with Crippen LogP contribution in [0, 0.1) is 0 Å². The van der Waals surface area contributed by atoms with Gasteiger partial charge in [0.25, 0.3) is 0 Å². The molecule has 0 amide bonds. The predicted molar refractivity (Wildman–Crippen MR) is 99.6 cm³/mol. The van der Waals surface area contributed by atoms with E-state index in [-0.39, 0.29) is 0 Å². The van der Waals surface area contributed by atoms with Crippen molar-refractivity contribution in [1.29, 1.82) is 0 Å². The fourth-order valence-corrected chi connectivity index (χ4v) is 2.67. The molecule has 2 aromatic carbocycles. The van der Waals surface area contributed by atoms with E-state index < -0.39 is 6.92 Å². The molecule has 4 rings (SSSR count). The van der Waals surface area contributed by atoms with E-state index in [1.165, 1.54) is 0 Å². The van der Waals surface area contributed by atoms with Crippen molar-refractivity contribution < 1.29 is 14.5 Å². The van der Waals surface area contributed by atoms with Crippen LogP contribution in [0.1, 0.15) is 18.4 Å². The minimum atomic E-state index is -0.451. The van der Waals surface area contributed by atoms with E-state index in [0.717, 1.165) is 46.3 Å². The monoisotopic (exact) mass is 333 g/mol. The van der Waals surface area contributed by atoms with Crippen LogP contribution >= 0.6 is 0 Å². The molecule has 1 fully saturated rings. The number of hydrogen-bond donors (Lipinski definition) is 1. The average molecular weight is 333 g/mol. The molecule has 4 nitrogen and oxygen atoms in total. The number of ether oxygens (including phenoxy) is 2. The Hall–Kier alpha value is -2.53. The van der Waals surface area contributed by atoms with Gasteiger partial charge in [-0.2, -0.15) is 0 Å². The molecule has 3 aromatic rings. The van der Waals surface area contributed by atoms with Crippen molar-refractivity contribution in [3.05, 3.63) is 60.3 Å². The summed E-state index contributed by atoms with van der Waals surface area (Å²) in [5.74, 6) is 1.62. The van der Waals surface area contributed by atoms with Crippen LogP contribution in [0.15, 0.2) is 54.7 Å². The lowest BCUT2D eigenvalue weighted by molar-refractivity contribution is 0.303. The summed E-state index contributed by atoms with van der Waals surface area (Å²) in [7, 11) is 0. The molecule has 0 unspecified atom stereocenters. The second kappa shape index (κ2) is 6.77. The zero-order valence-electron chi connectivity index (χ0n) is 14.2. The predicted octanol–water partition coefficient (Wildman–Crippen LogP) is 3.18. The van der Waals surface area contributed by atoms with Gasteiger partial charge < -0.3 is 14.5 Å². The van der Waals surface area contributed by atoms with Gasteiger partial charge in [0.1, 0.15) is 18.1 Å². The van der Waals surface area contributed by atoms with Crippen LogP contribution in [0.4, 0.5) is 0 Å². The SMILES string of the molecule is CB(O)c1ccc(COc2cnc3cc(OC4CC4)ccc3c2)cc1. The maximum Gasteiger partial charge on any atom is 0.320 e. The molecular formula is C20H20BNO3. The molecule has 0 radical (unpaired) electrons. The van der Waals surface area contributed by atoms with Gasteiger partial charge in [-0.3, -0.25) is 4.98 Å². The van der Waals surface area contributed by atoms with Gasteiger partial charge in [-0.15, -0.1) is 0 Å². The minimum Gasteiger partial charge on any atom is -0.490 e. The first-order chi connectivity index (χ1) is 12.2. The molecular weight excluding hydrogens is 313 g/mol. The summed E-state index contributed by atoms with van der Waals surface area (Å²) >= 11 is 0. The summed E-state index contributed by atoms with van der Waals surface area (Å²) in [5, 5.41) is 10.6. The average Bonchev–Trinajstić information content (AvgIpc) is 3.44. The van der Waals surface area contributed by atoms with Crippen LogP contribution < -0.4 is 14.9 Å². The Labute approximate surface area is 147 Å². The molecule has 0 atom stereocenters. The van der Waals surface area contributed by atoms with Crippen LogP contribution in [0.2, 0.25) is 6.82 Å². The quantitative estimate of drug-likeness (QED) is 0.704. The van der Waals surface area contributed by atoms with Gasteiger partial charge in [0, 0.05) is 11.5 Å². The Bertz CT molecular complexity index is 876. The molecule has 1 saturated carbocycles. The first-order valence-electron chi connectivity index (χ1n) is 8.63. The maximum absolute atomic E-state index is 9.55. The van der Waals surface area contributed by atoms with Gasteiger partial charge in [-0.25, -0.2) is 0 Å². The zero-order chi connectivity index (χ0) is 17.2. The molecule has 1 aliphatic rings. The van der Waals surface area contributed by atoms with Crippen LogP contribution in [0.5, 0.6) is 11.5 Å². The molecule has 0 bridgehead atoms. The van der Waals surface area contributed by atoms with Crippen molar-refractivity contribution in [2.45, 2.75) is 32.4 Å². The lowest BCUT2D eigenvalue weighted by Crippen LogP contribution is -2.25. The van der Waals surface area contributed by atoms with Crippen LogP contribution in [-0.2, 0) is 6.61 Å². The van der Waals surface area contributed by atoms with Crippen molar-refractivity contribution in [1.82, 2.24) is 4.98 Å². The zero-order valence-corrected chi connectivity index (χ0v) is 14.2. The highest BCUT2D eigenvalue weighted by molar-refractivity contribution is 6.64. The third kappa shape index (κ3) is 3.94. The van der Waals surface area contributed by atoms with Crippen molar-refractivity contribution in [3.63, 3.8) is 0 Å². The summed E-state index contributed by atoms with van der Waals surface area (Å²) in [4.78, 5) is 4.48. The van der Waals surface area contributed by atoms with Crippen molar-refractivity contribution in [2.24, 2.45) is 0 Å². The van der Waals surface area contributed by atoms with Crippen LogP contribution in [0.3, 0.4) is 0 Å². The summed E-state index contributed by atoms with van der Waals surface area (Å²) < 4.78 is 11.7. The molecule has 5 heteroatoms. The van der Waals surface area contributed by atoms with Gasteiger partial charge in [-0.1, -0.05) is 31.1 Å².